The van der Waals surface area contributed by atoms with Crippen molar-refractivity contribution in [2.75, 3.05) is 23.9 Å². The van der Waals surface area contributed by atoms with Crippen LogP contribution in [-0.4, -0.2) is 49.3 Å². The highest BCUT2D eigenvalue weighted by Gasteiger charge is 2.28. The quantitative estimate of drug-likeness (QED) is 0.522. The Morgan fingerprint density at radius 1 is 1.00 bits per heavy atom. The lowest BCUT2D eigenvalue weighted by Crippen LogP contribution is -2.17. The van der Waals surface area contributed by atoms with E-state index < -0.39 is 15.8 Å². The van der Waals surface area contributed by atoms with Crippen LogP contribution in [0, 0.1) is 0 Å². The predicted molar refractivity (Wildman–Crippen MR) is 107 cm³/mol. The van der Waals surface area contributed by atoms with Crippen molar-refractivity contribution in [1.82, 2.24) is 0 Å². The minimum atomic E-state index is -2.96. The Morgan fingerprint density at radius 3 is 2.30 bits per heavy atom. The number of ether oxygens (including phenoxy) is 1. The zero-order valence-corrected chi connectivity index (χ0v) is 16.3. The Labute approximate surface area is 163 Å². The summed E-state index contributed by atoms with van der Waals surface area (Å²) < 4.78 is 27.8. The maximum absolute atomic E-state index is 12.2. The normalized spacial score (nSPS) is 18.1. The topological polar surface area (TPSA) is 77.5 Å². The minimum Gasteiger partial charge on any atom is -0.457 e. The summed E-state index contributed by atoms with van der Waals surface area (Å²) in [5.74, 6) is -0.426. The van der Waals surface area contributed by atoms with Crippen LogP contribution in [0.25, 0.3) is 11.1 Å². The van der Waals surface area contributed by atoms with E-state index in [1.807, 2.05) is 42.5 Å². The summed E-state index contributed by atoms with van der Waals surface area (Å²) in [7, 11) is -2.96. The van der Waals surface area contributed by atoms with Crippen LogP contribution in [0.15, 0.2) is 54.6 Å². The minimum absolute atomic E-state index is 0.0560. The van der Waals surface area contributed by atoms with E-state index in [0.717, 1.165) is 11.1 Å². The van der Waals surface area contributed by atoms with E-state index in [0.29, 0.717) is 12.0 Å². The fourth-order valence-corrected chi connectivity index (χ4v) is 6.27. The van der Waals surface area contributed by atoms with Gasteiger partial charge in [-0.3, -0.25) is 9.59 Å². The molecule has 1 aliphatic heterocycles. The number of benzene rings is 2. The Morgan fingerprint density at radius 2 is 1.67 bits per heavy atom. The van der Waals surface area contributed by atoms with Crippen LogP contribution >= 0.6 is 11.8 Å². The Kier molecular flexibility index (Phi) is 6.34. The maximum atomic E-state index is 12.2. The molecule has 7 heteroatoms. The number of ketones is 1. The monoisotopic (exact) mass is 404 g/mol. The molecule has 0 amide bonds. The van der Waals surface area contributed by atoms with E-state index in [2.05, 4.69) is 0 Å². The molecule has 0 aromatic heterocycles. The van der Waals surface area contributed by atoms with E-state index in [-0.39, 0.29) is 34.9 Å². The molecule has 1 heterocycles. The fourth-order valence-electron chi connectivity index (χ4n) is 2.83. The first-order chi connectivity index (χ1) is 12.9. The summed E-state index contributed by atoms with van der Waals surface area (Å²) in [6.07, 6.45) is 0.562. The van der Waals surface area contributed by atoms with Crippen molar-refractivity contribution < 1.29 is 22.7 Å². The second-order valence-electron chi connectivity index (χ2n) is 6.36. The number of thioether (sulfide) groups is 1. The molecule has 5 nitrogen and oxygen atoms in total. The van der Waals surface area contributed by atoms with Crippen LogP contribution in [0.5, 0.6) is 0 Å². The van der Waals surface area contributed by atoms with Gasteiger partial charge < -0.3 is 4.74 Å². The average Bonchev–Trinajstić information content (AvgIpc) is 3.04. The predicted octanol–water partition coefficient (Wildman–Crippen LogP) is 3.00. The van der Waals surface area contributed by atoms with Gasteiger partial charge in [0.2, 0.25) is 0 Å². The molecule has 0 unspecified atom stereocenters. The Balaban J connectivity index is 1.45. The van der Waals surface area contributed by atoms with Crippen molar-refractivity contribution in [1.29, 1.82) is 0 Å². The van der Waals surface area contributed by atoms with Crippen LogP contribution < -0.4 is 0 Å². The first kappa shape index (κ1) is 19.6. The number of hydrogen-bond donors (Lipinski definition) is 0. The van der Waals surface area contributed by atoms with Crippen LogP contribution in [0.1, 0.15) is 16.8 Å². The summed E-state index contributed by atoms with van der Waals surface area (Å²) in [5.41, 5.74) is 2.55. The zero-order valence-electron chi connectivity index (χ0n) is 14.7. The standard InChI is InChI=1S/C20H20O5S2/c21-19(12-25-20(22)13-26-18-10-11-27(23,24)14-18)17-8-6-16(7-9-17)15-4-2-1-3-5-15/h1-9,18H,10-14H2/t18-/m1/s1. The fraction of sp³-hybridized carbons (Fsp3) is 0.300. The van der Waals surface area contributed by atoms with Crippen LogP contribution in [0.3, 0.4) is 0 Å². The summed E-state index contributed by atoms with van der Waals surface area (Å²) in [6.45, 7) is -0.312. The Bertz CT molecular complexity index is 905. The molecule has 2 aromatic carbocycles. The third-order valence-corrected chi connectivity index (χ3v) is 7.56. The van der Waals surface area contributed by atoms with Crippen LogP contribution in [-0.2, 0) is 19.4 Å². The molecule has 1 atom stereocenters. The largest absolute Gasteiger partial charge is 0.457 e. The van der Waals surface area contributed by atoms with E-state index in [1.54, 1.807) is 12.1 Å². The number of Topliss-reactive ketones (excluding diaryl/α,β-unsaturated/α-hetero) is 1. The van der Waals surface area contributed by atoms with Gasteiger partial charge in [-0.1, -0.05) is 54.6 Å². The lowest BCUT2D eigenvalue weighted by Gasteiger charge is -2.08. The summed E-state index contributed by atoms with van der Waals surface area (Å²) >= 11 is 1.28. The third-order valence-electron chi connectivity index (χ3n) is 4.31. The van der Waals surface area contributed by atoms with E-state index in [9.17, 15) is 18.0 Å². The number of esters is 1. The summed E-state index contributed by atoms with van der Waals surface area (Å²) in [4.78, 5) is 24.0. The van der Waals surface area contributed by atoms with Gasteiger partial charge in [-0.05, 0) is 17.5 Å². The number of carbonyl (C=O) groups excluding carboxylic acids is 2. The first-order valence-corrected chi connectivity index (χ1v) is 11.5. The maximum Gasteiger partial charge on any atom is 0.316 e. The molecule has 27 heavy (non-hydrogen) atoms. The molecule has 0 spiro atoms. The van der Waals surface area contributed by atoms with Gasteiger partial charge in [0.1, 0.15) is 0 Å². The highest BCUT2D eigenvalue weighted by Crippen LogP contribution is 2.24. The van der Waals surface area contributed by atoms with Crippen LogP contribution in [0.2, 0.25) is 0 Å². The van der Waals surface area contributed by atoms with Crippen molar-refractivity contribution in [3.63, 3.8) is 0 Å². The number of rotatable bonds is 7. The van der Waals surface area contributed by atoms with Gasteiger partial charge in [-0.15, -0.1) is 11.8 Å². The highest BCUT2D eigenvalue weighted by molar-refractivity contribution is 8.02. The van der Waals surface area contributed by atoms with Crippen molar-refractivity contribution in [2.45, 2.75) is 11.7 Å². The summed E-state index contributed by atoms with van der Waals surface area (Å²) in [6, 6.07) is 17.0. The van der Waals surface area contributed by atoms with Gasteiger partial charge in [-0.25, -0.2) is 8.42 Å². The zero-order chi connectivity index (χ0) is 19.3. The molecule has 0 aliphatic carbocycles. The molecule has 1 saturated heterocycles. The molecular formula is C20H20O5S2. The van der Waals surface area contributed by atoms with E-state index in [1.165, 1.54) is 11.8 Å². The highest BCUT2D eigenvalue weighted by atomic mass is 32.2. The molecule has 0 N–H and O–H groups in total. The van der Waals surface area contributed by atoms with Gasteiger partial charge in [0.05, 0.1) is 17.3 Å². The third kappa shape index (κ3) is 5.68. The SMILES string of the molecule is O=C(CS[C@@H]1CCS(=O)(=O)C1)OCC(=O)c1ccc(-c2ccccc2)cc1. The molecule has 142 valence electrons. The molecule has 1 aliphatic rings. The number of sulfone groups is 1. The molecule has 0 radical (unpaired) electrons. The smallest absolute Gasteiger partial charge is 0.316 e. The van der Waals surface area contributed by atoms with Crippen molar-refractivity contribution >= 4 is 33.4 Å². The number of carbonyl (C=O) groups is 2. The van der Waals surface area contributed by atoms with Gasteiger partial charge in [0, 0.05) is 10.8 Å². The van der Waals surface area contributed by atoms with E-state index >= 15 is 0 Å². The second kappa shape index (κ2) is 8.71. The molecular weight excluding hydrogens is 384 g/mol. The summed E-state index contributed by atoms with van der Waals surface area (Å²) in [5, 5.41) is -0.0659. The second-order valence-corrected chi connectivity index (χ2v) is 9.88. The van der Waals surface area contributed by atoms with Crippen molar-refractivity contribution in [2.24, 2.45) is 0 Å². The lowest BCUT2D eigenvalue weighted by atomic mass is 10.0. The van der Waals surface area contributed by atoms with Gasteiger partial charge in [0.25, 0.3) is 0 Å². The lowest BCUT2D eigenvalue weighted by molar-refractivity contribution is -0.139. The molecule has 0 bridgehead atoms. The van der Waals surface area contributed by atoms with Gasteiger partial charge in [-0.2, -0.15) is 0 Å². The Hall–Kier alpha value is -2.12. The van der Waals surface area contributed by atoms with Gasteiger partial charge in [0.15, 0.2) is 22.2 Å². The van der Waals surface area contributed by atoms with Crippen molar-refractivity contribution in [3.8, 4) is 11.1 Å². The molecule has 1 fully saturated rings. The van der Waals surface area contributed by atoms with Crippen LogP contribution in [0.4, 0.5) is 0 Å². The molecule has 2 aromatic rings. The molecule has 0 saturated carbocycles. The average molecular weight is 405 g/mol. The van der Waals surface area contributed by atoms with E-state index in [4.69, 9.17) is 4.74 Å². The van der Waals surface area contributed by atoms with Gasteiger partial charge >= 0.3 is 5.97 Å². The van der Waals surface area contributed by atoms with Crippen molar-refractivity contribution in [3.05, 3.63) is 60.2 Å². The first-order valence-electron chi connectivity index (χ1n) is 8.59. The number of hydrogen-bond acceptors (Lipinski definition) is 6. The molecule has 3 rings (SSSR count).